The molecule has 1 fully saturated rings. The van der Waals surface area contributed by atoms with Crippen LogP contribution in [-0.2, 0) is 50.9 Å². The van der Waals surface area contributed by atoms with E-state index in [-0.39, 0.29) is 6.42 Å². The number of ether oxygens (including phenoxy) is 2. The summed E-state index contributed by atoms with van der Waals surface area (Å²) in [6.45, 7) is 1.55. The maximum atomic E-state index is 12.6. The maximum Gasteiger partial charge on any atom is 0.472 e. The summed E-state index contributed by atoms with van der Waals surface area (Å²) in [6.07, 6.45) is -12.2. The van der Waals surface area contributed by atoms with E-state index in [1.807, 2.05) is 6.92 Å². The summed E-state index contributed by atoms with van der Waals surface area (Å²) in [6, 6.07) is 0. The highest BCUT2D eigenvalue weighted by atomic mass is 31.2. The van der Waals surface area contributed by atoms with Crippen LogP contribution in [0.15, 0.2) is 0 Å². The zero-order chi connectivity index (χ0) is 31.6. The molecule has 242 valence electrons. The number of rotatable bonds is 18. The van der Waals surface area contributed by atoms with Gasteiger partial charge in [0, 0.05) is 13.3 Å². The minimum atomic E-state index is -5.56. The van der Waals surface area contributed by atoms with Crippen LogP contribution < -0.4 is 0 Å². The quantitative estimate of drug-likeness (QED) is 0.0515. The average Bonchev–Trinajstić information content (AvgIpc) is 2.83. The van der Waals surface area contributed by atoms with Gasteiger partial charge in [-0.05, 0) is 6.42 Å². The molecule has 0 spiro atoms. The monoisotopic (exact) mass is 662 g/mol. The van der Waals surface area contributed by atoms with Crippen LogP contribution in [0.3, 0.4) is 0 Å². The molecule has 0 amide bonds. The Balaban J connectivity index is 2.97. The number of hydrogen-bond acceptors (Lipinski definition) is 14. The SMILES string of the molecule is CCCCCCCC(=O)O[C@H](COC(C)=O)COP(=O)(O)O[C@@H]1[C@H](O)[C@H](O)[C@@H](OP(=O)(O)O)[C@H](OP(=O)(O)O)[C@H]1O. The van der Waals surface area contributed by atoms with Crippen molar-refractivity contribution in [3.05, 3.63) is 0 Å². The van der Waals surface area contributed by atoms with Gasteiger partial charge in [0.1, 0.15) is 43.2 Å². The Hall–Kier alpha value is -0.850. The second kappa shape index (κ2) is 16.9. The smallest absolute Gasteiger partial charge is 0.462 e. The predicted octanol–water partition coefficient (Wildman–Crippen LogP) is -0.624. The van der Waals surface area contributed by atoms with Crippen LogP contribution >= 0.6 is 23.5 Å². The molecule has 22 heteroatoms. The fourth-order valence-electron chi connectivity index (χ4n) is 3.66. The van der Waals surface area contributed by atoms with Gasteiger partial charge < -0.3 is 49.3 Å². The third-order valence-corrected chi connectivity index (χ3v) is 7.49. The van der Waals surface area contributed by atoms with Gasteiger partial charge in [0.05, 0.1) is 6.61 Å². The minimum Gasteiger partial charge on any atom is -0.462 e. The molecule has 8 atom stereocenters. The molecule has 1 saturated carbocycles. The standard InChI is InChI=1S/C19H37O19P3/c1-3-4-5-6-7-8-13(21)35-12(9-33-11(2)20)10-34-41(31,32)38-17-14(22)15(23)18(36-39(25,26)27)19(16(17)24)37-40(28,29)30/h12,14-19,22-24H,3-10H2,1-2H3,(H,31,32)(H2,25,26,27)(H2,28,29,30)/t12-,14-,15+,16+,17-,18-,19-/m1/s1. The topological polar surface area (TPSA) is 303 Å². The van der Waals surface area contributed by atoms with Crippen molar-refractivity contribution in [3.8, 4) is 0 Å². The lowest BCUT2D eigenvalue weighted by molar-refractivity contribution is -0.213. The molecule has 0 saturated heterocycles. The van der Waals surface area contributed by atoms with Gasteiger partial charge in [-0.1, -0.05) is 32.6 Å². The first-order valence-electron chi connectivity index (χ1n) is 12.3. The Morgan fingerprint density at radius 3 is 1.76 bits per heavy atom. The van der Waals surface area contributed by atoms with Crippen molar-refractivity contribution in [2.24, 2.45) is 0 Å². The van der Waals surface area contributed by atoms with Gasteiger partial charge in [0.25, 0.3) is 0 Å². The first-order valence-corrected chi connectivity index (χ1v) is 16.8. The highest BCUT2D eigenvalue weighted by Gasteiger charge is 2.56. The van der Waals surface area contributed by atoms with Gasteiger partial charge in [-0.25, -0.2) is 13.7 Å². The van der Waals surface area contributed by atoms with Crippen LogP contribution in [0, 0.1) is 0 Å². The van der Waals surface area contributed by atoms with E-state index in [4.69, 9.17) is 33.6 Å². The number of aliphatic hydroxyl groups is 3. The van der Waals surface area contributed by atoms with Crippen LogP contribution in [-0.4, -0.2) is 108 Å². The summed E-state index contributed by atoms with van der Waals surface area (Å²) >= 11 is 0. The Labute approximate surface area is 234 Å². The lowest BCUT2D eigenvalue weighted by Gasteiger charge is -2.44. The van der Waals surface area contributed by atoms with Crippen LogP contribution in [0.1, 0.15) is 52.4 Å². The Morgan fingerprint density at radius 2 is 1.24 bits per heavy atom. The summed E-state index contributed by atoms with van der Waals surface area (Å²) in [4.78, 5) is 69.8. The molecule has 0 aromatic heterocycles. The van der Waals surface area contributed by atoms with Crippen molar-refractivity contribution in [1.82, 2.24) is 0 Å². The molecule has 8 N–H and O–H groups in total. The van der Waals surface area contributed by atoms with Gasteiger partial charge in [-0.2, -0.15) is 0 Å². The average molecular weight is 662 g/mol. The van der Waals surface area contributed by atoms with Crippen molar-refractivity contribution < 1.29 is 90.6 Å². The van der Waals surface area contributed by atoms with Crippen molar-refractivity contribution in [3.63, 3.8) is 0 Å². The molecule has 0 heterocycles. The molecule has 1 aliphatic carbocycles. The van der Waals surface area contributed by atoms with E-state index in [9.17, 15) is 43.5 Å². The fourth-order valence-corrected chi connectivity index (χ4v) is 5.75. The summed E-state index contributed by atoms with van der Waals surface area (Å²) in [7, 11) is -16.5. The van der Waals surface area contributed by atoms with Crippen LogP contribution in [0.2, 0.25) is 0 Å². The summed E-state index contributed by atoms with van der Waals surface area (Å²) in [5.74, 6) is -1.51. The number of phosphoric acid groups is 3. The molecular weight excluding hydrogens is 625 g/mol. The molecule has 0 aliphatic heterocycles. The number of aliphatic hydroxyl groups excluding tert-OH is 3. The van der Waals surface area contributed by atoms with Crippen molar-refractivity contribution in [1.29, 1.82) is 0 Å². The molecule has 41 heavy (non-hydrogen) atoms. The zero-order valence-electron chi connectivity index (χ0n) is 22.1. The lowest BCUT2D eigenvalue weighted by atomic mass is 9.85. The number of hydrogen-bond donors (Lipinski definition) is 8. The van der Waals surface area contributed by atoms with E-state index < -0.39 is 91.3 Å². The third-order valence-electron chi connectivity index (χ3n) is 5.47. The van der Waals surface area contributed by atoms with E-state index >= 15 is 0 Å². The molecule has 0 aromatic rings. The first kappa shape index (κ1) is 38.2. The maximum absolute atomic E-state index is 12.6. The number of carbonyl (C=O) groups is 2. The molecule has 1 aliphatic rings. The van der Waals surface area contributed by atoms with Gasteiger partial charge in [-0.3, -0.25) is 27.7 Å². The van der Waals surface area contributed by atoms with Crippen molar-refractivity contribution in [2.45, 2.75) is 95.1 Å². The van der Waals surface area contributed by atoms with Crippen LogP contribution in [0.5, 0.6) is 0 Å². The molecule has 0 bridgehead atoms. The van der Waals surface area contributed by atoms with Gasteiger partial charge in [0.15, 0.2) is 6.10 Å². The second-order valence-electron chi connectivity index (χ2n) is 9.01. The van der Waals surface area contributed by atoms with Crippen LogP contribution in [0.25, 0.3) is 0 Å². The molecule has 1 rings (SSSR count). The van der Waals surface area contributed by atoms with Crippen molar-refractivity contribution >= 4 is 35.4 Å². The van der Waals surface area contributed by atoms with E-state index in [2.05, 4.69) is 13.6 Å². The zero-order valence-corrected chi connectivity index (χ0v) is 24.8. The molecule has 0 aromatic carbocycles. The van der Waals surface area contributed by atoms with Gasteiger partial charge in [-0.15, -0.1) is 0 Å². The van der Waals surface area contributed by atoms with E-state index in [1.54, 1.807) is 0 Å². The van der Waals surface area contributed by atoms with Crippen LogP contribution in [0.4, 0.5) is 0 Å². The van der Waals surface area contributed by atoms with Gasteiger partial charge >= 0.3 is 35.4 Å². The highest BCUT2D eigenvalue weighted by molar-refractivity contribution is 7.47. The molecule has 1 unspecified atom stereocenters. The molecule has 0 radical (unpaired) electrons. The Morgan fingerprint density at radius 1 is 0.732 bits per heavy atom. The van der Waals surface area contributed by atoms with E-state index in [1.165, 1.54) is 0 Å². The van der Waals surface area contributed by atoms with Gasteiger partial charge in [0.2, 0.25) is 0 Å². The predicted molar refractivity (Wildman–Crippen MR) is 132 cm³/mol. The lowest BCUT2D eigenvalue weighted by Crippen LogP contribution is -2.65. The third kappa shape index (κ3) is 14.9. The largest absolute Gasteiger partial charge is 0.472 e. The first-order chi connectivity index (χ1) is 18.8. The number of unbranched alkanes of at least 4 members (excludes halogenated alkanes) is 4. The highest BCUT2D eigenvalue weighted by Crippen LogP contribution is 2.51. The summed E-state index contributed by atoms with van der Waals surface area (Å²) < 4.78 is 62.9. The van der Waals surface area contributed by atoms with Crippen molar-refractivity contribution in [2.75, 3.05) is 13.2 Å². The number of phosphoric ester groups is 3. The number of carbonyl (C=O) groups excluding carboxylic acids is 2. The minimum absolute atomic E-state index is 0.00920. The molecular formula is C19H37O19P3. The normalized spacial score (nSPS) is 27.6. The van der Waals surface area contributed by atoms with E-state index in [0.717, 1.165) is 32.6 Å². The summed E-state index contributed by atoms with van der Waals surface area (Å²) in [5.41, 5.74) is 0. The number of esters is 2. The Kier molecular flexibility index (Phi) is 15.7. The molecule has 19 nitrogen and oxygen atoms in total. The Bertz CT molecular complexity index is 981. The summed E-state index contributed by atoms with van der Waals surface area (Å²) in [5, 5.41) is 31.0. The second-order valence-corrected chi connectivity index (χ2v) is 12.8. The van der Waals surface area contributed by atoms with E-state index in [0.29, 0.717) is 6.42 Å². The fraction of sp³-hybridized carbons (Fsp3) is 0.895.